The standard InChI is InChI=1S/C56H38N2O/c1-2-12-37(13-3-1)38-22-28-41(29-23-38)57(44-34-35-54-51(36-44)47-16-9-11-21-53(47)59-54)42-30-24-39(25-31-42)40-26-32-43(33-27-40)58-52-20-10-8-19-50(52)55-48-17-6-4-14-45(48)46-15-5-7-18-49(46)56(55)58/h1-3,5-13,15-36H,4,14H2. The molecule has 1 aliphatic carbocycles. The molecule has 11 aromatic rings. The van der Waals surface area contributed by atoms with E-state index in [1.54, 1.807) is 0 Å². The first-order chi connectivity index (χ1) is 29.3. The zero-order valence-corrected chi connectivity index (χ0v) is 32.3. The van der Waals surface area contributed by atoms with Crippen molar-refractivity contribution in [2.45, 2.75) is 12.8 Å². The van der Waals surface area contributed by atoms with Crippen molar-refractivity contribution >= 4 is 77.7 Å². The smallest absolute Gasteiger partial charge is 0.135 e. The molecule has 1 aliphatic rings. The molecule has 0 amide bonds. The van der Waals surface area contributed by atoms with Crippen molar-refractivity contribution in [3.05, 3.63) is 211 Å². The van der Waals surface area contributed by atoms with Crippen LogP contribution < -0.4 is 4.90 Å². The maximum Gasteiger partial charge on any atom is 0.135 e. The van der Waals surface area contributed by atoms with Crippen molar-refractivity contribution in [1.29, 1.82) is 0 Å². The van der Waals surface area contributed by atoms with Gasteiger partial charge in [0.2, 0.25) is 0 Å². The molecular weight excluding hydrogens is 717 g/mol. The highest BCUT2D eigenvalue weighted by atomic mass is 16.3. The van der Waals surface area contributed by atoms with E-state index in [9.17, 15) is 0 Å². The Morgan fingerprint density at radius 2 is 1.00 bits per heavy atom. The summed E-state index contributed by atoms with van der Waals surface area (Å²) in [5, 5.41) is 7.55. The van der Waals surface area contributed by atoms with Gasteiger partial charge in [-0.1, -0.05) is 140 Å². The number of hydrogen-bond acceptors (Lipinski definition) is 2. The number of aromatic nitrogens is 1. The molecule has 0 saturated carbocycles. The Labute approximate surface area is 342 Å². The van der Waals surface area contributed by atoms with Gasteiger partial charge in [0, 0.05) is 49.7 Å². The molecule has 12 rings (SSSR count). The summed E-state index contributed by atoms with van der Waals surface area (Å²) >= 11 is 0. The molecule has 0 fully saturated rings. The quantitative estimate of drug-likeness (QED) is 0.169. The van der Waals surface area contributed by atoms with Gasteiger partial charge in [-0.3, -0.25) is 0 Å². The van der Waals surface area contributed by atoms with Gasteiger partial charge in [0.1, 0.15) is 11.2 Å². The zero-order valence-electron chi connectivity index (χ0n) is 32.3. The van der Waals surface area contributed by atoms with E-state index in [2.05, 4.69) is 204 Å². The summed E-state index contributed by atoms with van der Waals surface area (Å²) in [7, 11) is 0. The Bertz CT molecular complexity index is 3410. The van der Waals surface area contributed by atoms with Crippen molar-refractivity contribution in [2.75, 3.05) is 4.90 Å². The minimum Gasteiger partial charge on any atom is -0.456 e. The first-order valence-corrected chi connectivity index (χ1v) is 20.5. The van der Waals surface area contributed by atoms with Crippen LogP contribution in [0.2, 0.25) is 0 Å². The zero-order chi connectivity index (χ0) is 38.9. The Morgan fingerprint density at radius 3 is 1.73 bits per heavy atom. The van der Waals surface area contributed by atoms with Crippen molar-refractivity contribution in [3.8, 4) is 27.9 Å². The van der Waals surface area contributed by atoms with Gasteiger partial charge < -0.3 is 13.9 Å². The van der Waals surface area contributed by atoms with Crippen LogP contribution in [0.4, 0.5) is 17.1 Å². The molecule has 0 atom stereocenters. The van der Waals surface area contributed by atoms with Crippen LogP contribution in [0.3, 0.4) is 0 Å². The van der Waals surface area contributed by atoms with Gasteiger partial charge in [-0.25, -0.2) is 0 Å². The van der Waals surface area contributed by atoms with E-state index in [-0.39, 0.29) is 0 Å². The highest BCUT2D eigenvalue weighted by Crippen LogP contribution is 2.44. The normalized spacial score (nSPS) is 12.5. The van der Waals surface area contributed by atoms with Gasteiger partial charge >= 0.3 is 0 Å². The molecule has 0 radical (unpaired) electrons. The molecule has 3 nitrogen and oxygen atoms in total. The first kappa shape index (κ1) is 33.5. The van der Waals surface area contributed by atoms with E-state index in [1.165, 1.54) is 66.0 Å². The van der Waals surface area contributed by atoms with E-state index < -0.39 is 0 Å². The number of hydrogen-bond donors (Lipinski definition) is 0. The molecule has 0 N–H and O–H groups in total. The van der Waals surface area contributed by atoms with Crippen molar-refractivity contribution < 1.29 is 4.42 Å². The highest BCUT2D eigenvalue weighted by Gasteiger charge is 2.22. The fourth-order valence-corrected chi connectivity index (χ4v) is 9.51. The molecule has 0 aliphatic heterocycles. The molecule has 0 bridgehead atoms. The lowest BCUT2D eigenvalue weighted by Gasteiger charge is -2.26. The van der Waals surface area contributed by atoms with Crippen LogP contribution in [-0.4, -0.2) is 4.57 Å². The number of allylic oxidation sites excluding steroid dienone is 1. The van der Waals surface area contributed by atoms with E-state index in [1.807, 2.05) is 12.1 Å². The van der Waals surface area contributed by atoms with E-state index in [4.69, 9.17) is 4.42 Å². The van der Waals surface area contributed by atoms with Crippen LogP contribution in [0.1, 0.15) is 17.5 Å². The number of aryl methyl sites for hydroxylation is 1. The maximum absolute atomic E-state index is 6.22. The molecule has 2 aromatic heterocycles. The van der Waals surface area contributed by atoms with Crippen LogP contribution in [-0.2, 0) is 6.42 Å². The number of para-hydroxylation sites is 2. The number of benzene rings is 9. The van der Waals surface area contributed by atoms with Gasteiger partial charge in [-0.2, -0.15) is 0 Å². The van der Waals surface area contributed by atoms with Gasteiger partial charge in [0.25, 0.3) is 0 Å². The second kappa shape index (κ2) is 13.5. The SMILES string of the molecule is C1=Cc2c(c3ccccc3c3c2c2ccccc2n3-c2ccc(-c3ccc(N(c4ccc(-c5ccccc5)cc4)c4ccc5oc6ccccc6c5c4)cc3)cc2)CC1. The molecule has 278 valence electrons. The van der Waals surface area contributed by atoms with Crippen molar-refractivity contribution in [1.82, 2.24) is 4.57 Å². The molecule has 0 spiro atoms. The predicted octanol–water partition coefficient (Wildman–Crippen LogP) is 15.6. The van der Waals surface area contributed by atoms with Crippen LogP contribution >= 0.6 is 0 Å². The topological polar surface area (TPSA) is 21.3 Å². The minimum absolute atomic E-state index is 0.887. The fourth-order valence-electron chi connectivity index (χ4n) is 9.51. The predicted molar refractivity (Wildman–Crippen MR) is 248 cm³/mol. The summed E-state index contributed by atoms with van der Waals surface area (Å²) < 4.78 is 8.70. The van der Waals surface area contributed by atoms with Crippen molar-refractivity contribution in [2.24, 2.45) is 0 Å². The third-order valence-electron chi connectivity index (χ3n) is 12.3. The van der Waals surface area contributed by atoms with Crippen LogP contribution in [0, 0.1) is 0 Å². The molecule has 59 heavy (non-hydrogen) atoms. The molecular formula is C56H38N2O. The van der Waals surface area contributed by atoms with Gasteiger partial charge in [0.15, 0.2) is 0 Å². The second-order valence-electron chi connectivity index (χ2n) is 15.6. The lowest BCUT2D eigenvalue weighted by Crippen LogP contribution is -2.09. The van der Waals surface area contributed by atoms with Gasteiger partial charge in [0.05, 0.1) is 11.0 Å². The van der Waals surface area contributed by atoms with Crippen LogP contribution in [0.5, 0.6) is 0 Å². The van der Waals surface area contributed by atoms with Crippen LogP contribution in [0.15, 0.2) is 205 Å². The largest absolute Gasteiger partial charge is 0.456 e. The van der Waals surface area contributed by atoms with Crippen LogP contribution in [0.25, 0.3) is 88.5 Å². The lowest BCUT2D eigenvalue weighted by atomic mass is 9.88. The third-order valence-corrected chi connectivity index (χ3v) is 12.3. The monoisotopic (exact) mass is 754 g/mol. The van der Waals surface area contributed by atoms with E-state index in [0.717, 1.165) is 57.5 Å². The molecule has 3 heteroatoms. The average Bonchev–Trinajstić information content (AvgIpc) is 3.86. The Kier molecular flexibility index (Phi) is 7.67. The van der Waals surface area contributed by atoms with Gasteiger partial charge in [-0.05, 0) is 118 Å². The third kappa shape index (κ3) is 5.43. The summed E-state index contributed by atoms with van der Waals surface area (Å²) in [4.78, 5) is 2.34. The first-order valence-electron chi connectivity index (χ1n) is 20.5. The molecule has 2 heterocycles. The number of nitrogens with zero attached hydrogens (tertiary/aromatic N) is 2. The highest BCUT2D eigenvalue weighted by molar-refractivity contribution is 6.23. The Balaban J connectivity index is 0.944. The molecule has 0 saturated heterocycles. The summed E-state index contributed by atoms with van der Waals surface area (Å²) in [6.45, 7) is 0. The Hall–Kier alpha value is -7.62. The molecule has 0 unspecified atom stereocenters. The fraction of sp³-hybridized carbons (Fsp3) is 0.0357. The van der Waals surface area contributed by atoms with E-state index >= 15 is 0 Å². The second-order valence-corrected chi connectivity index (χ2v) is 15.6. The maximum atomic E-state index is 6.22. The Morgan fingerprint density at radius 1 is 0.441 bits per heavy atom. The summed E-state index contributed by atoms with van der Waals surface area (Å²) in [5.41, 5.74) is 16.3. The number of rotatable bonds is 6. The number of fused-ring (bicyclic) bond motifs is 11. The van der Waals surface area contributed by atoms with Gasteiger partial charge in [-0.15, -0.1) is 0 Å². The summed E-state index contributed by atoms with van der Waals surface area (Å²) in [6, 6.07) is 70.1. The number of anilines is 3. The van der Waals surface area contributed by atoms with E-state index in [0.29, 0.717) is 0 Å². The lowest BCUT2D eigenvalue weighted by molar-refractivity contribution is 0.669. The summed E-state index contributed by atoms with van der Waals surface area (Å²) in [6.07, 6.45) is 6.85. The average molecular weight is 755 g/mol. The summed E-state index contributed by atoms with van der Waals surface area (Å²) in [5.74, 6) is 0. The van der Waals surface area contributed by atoms with Crippen molar-refractivity contribution in [3.63, 3.8) is 0 Å². The molecule has 9 aromatic carbocycles. The number of furan rings is 1. The minimum atomic E-state index is 0.887.